The van der Waals surface area contributed by atoms with Gasteiger partial charge in [0, 0.05) is 0 Å². The standard InChI is InChI=1S/C12H15F3O/c1-4-8(2)9-6-5-7-10(11(9)16-3)12(13,14)15/h5-8H,4H2,1-3H3. The normalized spacial score (nSPS) is 13.6. The highest BCUT2D eigenvalue weighted by Gasteiger charge is 2.35. The molecule has 0 bridgehead atoms. The first-order valence-electron chi connectivity index (χ1n) is 5.15. The molecule has 1 aromatic carbocycles. The highest BCUT2D eigenvalue weighted by molar-refractivity contribution is 5.44. The Morgan fingerprint density at radius 3 is 2.38 bits per heavy atom. The Hall–Kier alpha value is -1.19. The van der Waals surface area contributed by atoms with Crippen LogP contribution >= 0.6 is 0 Å². The maximum atomic E-state index is 12.7. The van der Waals surface area contributed by atoms with Gasteiger partial charge < -0.3 is 4.74 Å². The molecule has 0 aliphatic carbocycles. The molecule has 0 aromatic heterocycles. The highest BCUT2D eigenvalue weighted by Crippen LogP contribution is 2.40. The van der Waals surface area contributed by atoms with Crippen LogP contribution in [0, 0.1) is 0 Å². The van der Waals surface area contributed by atoms with Crippen molar-refractivity contribution >= 4 is 0 Å². The van der Waals surface area contributed by atoms with Crippen molar-refractivity contribution in [3.63, 3.8) is 0 Å². The molecule has 1 atom stereocenters. The fourth-order valence-electron chi connectivity index (χ4n) is 1.61. The fraction of sp³-hybridized carbons (Fsp3) is 0.500. The van der Waals surface area contributed by atoms with Gasteiger partial charge in [-0.1, -0.05) is 26.0 Å². The largest absolute Gasteiger partial charge is 0.496 e. The average molecular weight is 232 g/mol. The Bertz CT molecular complexity index is 358. The third-order valence-electron chi connectivity index (χ3n) is 2.70. The van der Waals surface area contributed by atoms with Crippen LogP contribution in [-0.4, -0.2) is 7.11 Å². The number of rotatable bonds is 3. The molecule has 1 unspecified atom stereocenters. The van der Waals surface area contributed by atoms with E-state index in [0.29, 0.717) is 5.56 Å². The molecule has 0 saturated heterocycles. The van der Waals surface area contributed by atoms with E-state index in [2.05, 4.69) is 0 Å². The van der Waals surface area contributed by atoms with E-state index in [1.807, 2.05) is 13.8 Å². The van der Waals surface area contributed by atoms with Crippen molar-refractivity contribution in [3.8, 4) is 5.75 Å². The Balaban J connectivity index is 3.32. The number of hydrogen-bond acceptors (Lipinski definition) is 1. The first-order chi connectivity index (χ1) is 7.41. The second-order valence-corrected chi connectivity index (χ2v) is 3.74. The Labute approximate surface area is 93.2 Å². The summed E-state index contributed by atoms with van der Waals surface area (Å²) in [6.45, 7) is 3.82. The van der Waals surface area contributed by atoms with Crippen LogP contribution in [0.2, 0.25) is 0 Å². The van der Waals surface area contributed by atoms with Gasteiger partial charge in [0.2, 0.25) is 0 Å². The lowest BCUT2D eigenvalue weighted by Gasteiger charge is -2.18. The van der Waals surface area contributed by atoms with Crippen LogP contribution < -0.4 is 4.74 Å². The van der Waals surface area contributed by atoms with Gasteiger partial charge in [-0.25, -0.2) is 0 Å². The summed E-state index contributed by atoms with van der Waals surface area (Å²) >= 11 is 0. The van der Waals surface area contributed by atoms with Crippen molar-refractivity contribution in [2.45, 2.75) is 32.4 Å². The molecule has 0 amide bonds. The van der Waals surface area contributed by atoms with Crippen LogP contribution in [0.5, 0.6) is 5.75 Å². The summed E-state index contributed by atoms with van der Waals surface area (Å²) in [5.41, 5.74) is -0.0902. The van der Waals surface area contributed by atoms with Crippen LogP contribution in [0.1, 0.15) is 37.3 Å². The van der Waals surface area contributed by atoms with E-state index in [1.165, 1.54) is 13.2 Å². The summed E-state index contributed by atoms with van der Waals surface area (Å²) < 4.78 is 43.0. The molecule has 90 valence electrons. The number of alkyl halides is 3. The molecule has 16 heavy (non-hydrogen) atoms. The van der Waals surface area contributed by atoms with E-state index in [0.717, 1.165) is 12.5 Å². The molecular formula is C12H15F3O. The summed E-state index contributed by atoms with van der Waals surface area (Å²) in [7, 11) is 1.27. The number of ether oxygens (including phenoxy) is 1. The average Bonchev–Trinajstić information content (AvgIpc) is 2.25. The van der Waals surface area contributed by atoms with Crippen LogP contribution in [0.4, 0.5) is 13.2 Å². The van der Waals surface area contributed by atoms with Gasteiger partial charge in [-0.2, -0.15) is 13.2 Å². The number of methoxy groups -OCH3 is 1. The van der Waals surface area contributed by atoms with Crippen LogP contribution in [0.15, 0.2) is 18.2 Å². The van der Waals surface area contributed by atoms with E-state index in [1.54, 1.807) is 6.07 Å². The molecule has 0 radical (unpaired) electrons. The predicted octanol–water partition coefficient (Wildman–Crippen LogP) is 4.23. The van der Waals surface area contributed by atoms with Gasteiger partial charge in [0.25, 0.3) is 0 Å². The maximum Gasteiger partial charge on any atom is 0.419 e. The summed E-state index contributed by atoms with van der Waals surface area (Å²) in [6.07, 6.45) is -3.59. The van der Waals surface area contributed by atoms with Crippen LogP contribution in [0.3, 0.4) is 0 Å². The summed E-state index contributed by atoms with van der Waals surface area (Å²) in [5, 5.41) is 0. The van der Waals surface area contributed by atoms with E-state index in [-0.39, 0.29) is 11.7 Å². The molecule has 0 aliphatic heterocycles. The van der Waals surface area contributed by atoms with E-state index < -0.39 is 11.7 Å². The van der Waals surface area contributed by atoms with Gasteiger partial charge in [-0.05, 0) is 24.0 Å². The second-order valence-electron chi connectivity index (χ2n) is 3.74. The van der Waals surface area contributed by atoms with Gasteiger partial charge in [0.1, 0.15) is 5.75 Å². The topological polar surface area (TPSA) is 9.23 Å². The van der Waals surface area contributed by atoms with E-state index in [9.17, 15) is 13.2 Å². The Morgan fingerprint density at radius 2 is 1.94 bits per heavy atom. The van der Waals surface area contributed by atoms with Crippen molar-refractivity contribution in [1.82, 2.24) is 0 Å². The molecular weight excluding hydrogens is 217 g/mol. The second kappa shape index (κ2) is 4.76. The minimum atomic E-state index is -4.37. The number of benzene rings is 1. The lowest BCUT2D eigenvalue weighted by Crippen LogP contribution is -2.10. The minimum absolute atomic E-state index is 0.0515. The lowest BCUT2D eigenvalue weighted by atomic mass is 9.95. The van der Waals surface area contributed by atoms with Crippen LogP contribution in [0.25, 0.3) is 0 Å². The molecule has 1 nitrogen and oxygen atoms in total. The lowest BCUT2D eigenvalue weighted by molar-refractivity contribution is -0.138. The van der Waals surface area contributed by atoms with Gasteiger partial charge in [-0.3, -0.25) is 0 Å². The molecule has 1 rings (SSSR count). The molecule has 0 aliphatic rings. The number of halogens is 3. The number of para-hydroxylation sites is 1. The van der Waals surface area contributed by atoms with Crippen molar-refractivity contribution in [2.75, 3.05) is 7.11 Å². The van der Waals surface area contributed by atoms with E-state index >= 15 is 0 Å². The van der Waals surface area contributed by atoms with Gasteiger partial charge in [0.05, 0.1) is 12.7 Å². The molecule has 4 heteroatoms. The Morgan fingerprint density at radius 1 is 1.31 bits per heavy atom. The quantitative estimate of drug-likeness (QED) is 0.757. The smallest absolute Gasteiger partial charge is 0.419 e. The first-order valence-corrected chi connectivity index (χ1v) is 5.15. The van der Waals surface area contributed by atoms with Crippen molar-refractivity contribution in [2.24, 2.45) is 0 Å². The third kappa shape index (κ3) is 2.49. The number of hydrogen-bond donors (Lipinski definition) is 0. The predicted molar refractivity (Wildman–Crippen MR) is 56.7 cm³/mol. The molecule has 1 aromatic rings. The van der Waals surface area contributed by atoms with Crippen molar-refractivity contribution < 1.29 is 17.9 Å². The maximum absolute atomic E-state index is 12.7. The van der Waals surface area contributed by atoms with Gasteiger partial charge in [-0.15, -0.1) is 0 Å². The first kappa shape index (κ1) is 12.9. The SMILES string of the molecule is CCC(C)c1cccc(C(F)(F)F)c1OC. The molecule has 0 N–H and O–H groups in total. The summed E-state index contributed by atoms with van der Waals surface area (Å²) in [4.78, 5) is 0. The zero-order valence-corrected chi connectivity index (χ0v) is 9.56. The van der Waals surface area contributed by atoms with Crippen molar-refractivity contribution in [1.29, 1.82) is 0 Å². The zero-order valence-electron chi connectivity index (χ0n) is 9.56. The van der Waals surface area contributed by atoms with Crippen LogP contribution in [-0.2, 0) is 6.18 Å². The monoisotopic (exact) mass is 232 g/mol. The van der Waals surface area contributed by atoms with E-state index in [4.69, 9.17) is 4.74 Å². The van der Waals surface area contributed by atoms with Gasteiger partial charge in [0.15, 0.2) is 0 Å². The third-order valence-corrected chi connectivity index (χ3v) is 2.70. The highest BCUT2D eigenvalue weighted by atomic mass is 19.4. The summed E-state index contributed by atoms with van der Waals surface area (Å²) in [5.74, 6) is 0.00148. The molecule has 0 saturated carbocycles. The molecule has 0 heterocycles. The molecule has 0 fully saturated rings. The van der Waals surface area contributed by atoms with Crippen molar-refractivity contribution in [3.05, 3.63) is 29.3 Å². The van der Waals surface area contributed by atoms with Gasteiger partial charge >= 0.3 is 6.18 Å². The Kier molecular flexibility index (Phi) is 3.83. The molecule has 0 spiro atoms. The fourth-order valence-corrected chi connectivity index (χ4v) is 1.61. The summed E-state index contributed by atoms with van der Waals surface area (Å²) in [6, 6.07) is 4.15. The minimum Gasteiger partial charge on any atom is -0.496 e. The zero-order chi connectivity index (χ0) is 12.3.